The Morgan fingerprint density at radius 2 is 1.68 bits per heavy atom. The molecule has 0 radical (unpaired) electrons. The molecule has 0 amide bonds. The molecule has 0 aliphatic rings. The molecule has 1 aromatic carbocycles. The van der Waals surface area contributed by atoms with Gasteiger partial charge in [-0.2, -0.15) is 13.2 Å². The molecule has 0 N–H and O–H groups in total. The summed E-state index contributed by atoms with van der Waals surface area (Å²) in [5.41, 5.74) is 0.617. The lowest BCUT2D eigenvalue weighted by Crippen LogP contribution is -2.04. The predicted molar refractivity (Wildman–Crippen MR) is 85.5 cm³/mol. The second-order valence-corrected chi connectivity index (χ2v) is 5.06. The fourth-order valence-electron chi connectivity index (χ4n) is 2.27. The van der Waals surface area contributed by atoms with Crippen LogP contribution in [0.2, 0.25) is 0 Å². The smallest absolute Gasteiger partial charge is 0.416 e. The number of hydrogen-bond acceptors (Lipinski definition) is 4. The maximum Gasteiger partial charge on any atom is 0.416 e. The molecule has 3 aromatic rings. The second-order valence-electron chi connectivity index (χ2n) is 5.06. The Labute approximate surface area is 141 Å². The van der Waals surface area contributed by atoms with Crippen LogP contribution in [-0.2, 0) is 6.18 Å². The summed E-state index contributed by atoms with van der Waals surface area (Å²) in [5.74, 6) is 1.04. The van der Waals surface area contributed by atoms with Crippen LogP contribution >= 0.6 is 0 Å². The number of ether oxygens (including phenoxy) is 2. The van der Waals surface area contributed by atoms with E-state index in [1.807, 2.05) is 0 Å². The van der Waals surface area contributed by atoms with Gasteiger partial charge in [0.2, 0.25) is 5.88 Å². The van der Waals surface area contributed by atoms with Gasteiger partial charge in [-0.1, -0.05) is 0 Å². The summed E-state index contributed by atoms with van der Waals surface area (Å²) in [6.45, 7) is 0. The highest BCUT2D eigenvalue weighted by Gasteiger charge is 2.30. The predicted octanol–water partition coefficient (Wildman–Crippen LogP) is 4.96. The van der Waals surface area contributed by atoms with Gasteiger partial charge in [-0.25, -0.2) is 4.98 Å². The molecule has 0 saturated heterocycles. The molecule has 2 heterocycles. The van der Waals surface area contributed by atoms with E-state index in [1.54, 1.807) is 30.6 Å². The minimum absolute atomic E-state index is 0.251. The molecule has 0 bridgehead atoms. The van der Waals surface area contributed by atoms with Crippen molar-refractivity contribution in [1.82, 2.24) is 9.97 Å². The average Bonchev–Trinajstić information content (AvgIpc) is 2.62. The molecule has 7 heteroatoms. The van der Waals surface area contributed by atoms with Gasteiger partial charge in [0.05, 0.1) is 18.9 Å². The molecule has 3 rings (SSSR count). The minimum atomic E-state index is -4.39. The number of hydrogen-bond donors (Lipinski definition) is 0. The second kappa shape index (κ2) is 6.80. The van der Waals surface area contributed by atoms with Gasteiger partial charge in [-0.15, -0.1) is 0 Å². The molecular formula is C18H13F3N2O2. The highest BCUT2D eigenvalue weighted by Crippen LogP contribution is 2.37. The number of nitrogens with zero attached hydrogens (tertiary/aromatic N) is 2. The first kappa shape index (κ1) is 16.8. The highest BCUT2D eigenvalue weighted by molar-refractivity contribution is 5.74. The van der Waals surface area contributed by atoms with E-state index >= 15 is 0 Å². The van der Waals surface area contributed by atoms with E-state index in [0.29, 0.717) is 16.9 Å². The van der Waals surface area contributed by atoms with Crippen LogP contribution in [-0.4, -0.2) is 17.1 Å². The number of rotatable bonds is 4. The van der Waals surface area contributed by atoms with Gasteiger partial charge in [0.25, 0.3) is 0 Å². The highest BCUT2D eigenvalue weighted by atomic mass is 19.4. The molecule has 0 aliphatic carbocycles. The number of aromatic nitrogens is 2. The minimum Gasteiger partial charge on any atom is -0.494 e. The lowest BCUT2D eigenvalue weighted by Gasteiger charge is -2.13. The Balaban J connectivity index is 1.94. The van der Waals surface area contributed by atoms with Crippen LogP contribution in [0, 0.1) is 0 Å². The van der Waals surface area contributed by atoms with Gasteiger partial charge in [0.1, 0.15) is 11.5 Å². The van der Waals surface area contributed by atoms with E-state index in [4.69, 9.17) is 9.47 Å². The number of alkyl halides is 3. The lowest BCUT2D eigenvalue weighted by molar-refractivity contribution is -0.137. The Morgan fingerprint density at radius 1 is 0.920 bits per heavy atom. The van der Waals surface area contributed by atoms with Gasteiger partial charge in [0.15, 0.2) is 0 Å². The Bertz CT molecular complexity index is 865. The molecule has 4 nitrogen and oxygen atoms in total. The molecule has 128 valence electrons. The normalized spacial score (nSPS) is 11.2. The maximum atomic E-state index is 12.6. The molecule has 25 heavy (non-hydrogen) atoms. The van der Waals surface area contributed by atoms with E-state index in [-0.39, 0.29) is 11.6 Å². The zero-order valence-corrected chi connectivity index (χ0v) is 13.1. The van der Waals surface area contributed by atoms with Crippen molar-refractivity contribution in [3.8, 4) is 28.5 Å². The zero-order chi connectivity index (χ0) is 17.9. The van der Waals surface area contributed by atoms with Crippen LogP contribution in [0.4, 0.5) is 13.2 Å². The molecular weight excluding hydrogens is 333 g/mol. The summed E-state index contributed by atoms with van der Waals surface area (Å²) in [4.78, 5) is 8.17. The molecule has 0 unspecified atom stereocenters. The van der Waals surface area contributed by atoms with Gasteiger partial charge >= 0.3 is 6.18 Å². The Hall–Kier alpha value is -3.09. The van der Waals surface area contributed by atoms with Gasteiger partial charge in [0, 0.05) is 23.5 Å². The van der Waals surface area contributed by atoms with E-state index in [9.17, 15) is 13.2 Å². The van der Waals surface area contributed by atoms with Gasteiger partial charge < -0.3 is 9.47 Å². The first-order chi connectivity index (χ1) is 12.0. The molecule has 0 spiro atoms. The summed E-state index contributed by atoms with van der Waals surface area (Å²) in [5, 5.41) is 0. The summed E-state index contributed by atoms with van der Waals surface area (Å²) in [6, 6.07) is 9.70. The van der Waals surface area contributed by atoms with E-state index < -0.39 is 11.7 Å². The van der Waals surface area contributed by atoms with Gasteiger partial charge in [-0.3, -0.25) is 4.98 Å². The third kappa shape index (κ3) is 3.71. The van der Waals surface area contributed by atoms with Crippen LogP contribution in [0.1, 0.15) is 5.56 Å². The summed E-state index contributed by atoms with van der Waals surface area (Å²) in [7, 11) is 1.52. The molecule has 0 aliphatic heterocycles. The van der Waals surface area contributed by atoms with Crippen molar-refractivity contribution < 1.29 is 22.6 Å². The Morgan fingerprint density at radius 3 is 2.36 bits per heavy atom. The van der Waals surface area contributed by atoms with Crippen molar-refractivity contribution in [2.24, 2.45) is 0 Å². The fourth-order valence-corrected chi connectivity index (χ4v) is 2.27. The van der Waals surface area contributed by atoms with Crippen LogP contribution < -0.4 is 9.47 Å². The van der Waals surface area contributed by atoms with Crippen molar-refractivity contribution in [2.75, 3.05) is 7.11 Å². The quantitative estimate of drug-likeness (QED) is 0.669. The number of pyridine rings is 2. The van der Waals surface area contributed by atoms with Crippen molar-refractivity contribution >= 4 is 0 Å². The number of benzene rings is 1. The third-order valence-corrected chi connectivity index (χ3v) is 3.46. The topological polar surface area (TPSA) is 44.2 Å². The Kier molecular flexibility index (Phi) is 4.56. The van der Waals surface area contributed by atoms with E-state index in [0.717, 1.165) is 12.1 Å². The van der Waals surface area contributed by atoms with E-state index in [2.05, 4.69) is 9.97 Å². The van der Waals surface area contributed by atoms with Crippen LogP contribution in [0.15, 0.2) is 61.1 Å². The molecule has 0 atom stereocenters. The monoisotopic (exact) mass is 346 g/mol. The lowest BCUT2D eigenvalue weighted by atomic mass is 10.1. The molecule has 2 aromatic heterocycles. The number of halogens is 3. The SMILES string of the molecule is COc1cnccc1-c1cccnc1Oc1ccc(C(F)(F)F)cc1. The first-order valence-electron chi connectivity index (χ1n) is 7.27. The molecule has 0 saturated carbocycles. The van der Waals surface area contributed by atoms with Crippen LogP contribution in [0.5, 0.6) is 17.4 Å². The summed E-state index contributed by atoms with van der Waals surface area (Å²) < 4.78 is 48.9. The largest absolute Gasteiger partial charge is 0.494 e. The van der Waals surface area contributed by atoms with Crippen molar-refractivity contribution in [2.45, 2.75) is 6.18 Å². The fraction of sp³-hybridized carbons (Fsp3) is 0.111. The standard InChI is InChI=1S/C18H13F3N2O2/c1-24-16-11-22-10-8-14(16)15-3-2-9-23-17(15)25-13-6-4-12(5-7-13)18(19,20)21/h2-11H,1H3. The summed E-state index contributed by atoms with van der Waals surface area (Å²) >= 11 is 0. The summed E-state index contributed by atoms with van der Waals surface area (Å²) in [6.07, 6.45) is 0.312. The van der Waals surface area contributed by atoms with Crippen LogP contribution in [0.25, 0.3) is 11.1 Å². The third-order valence-electron chi connectivity index (χ3n) is 3.46. The first-order valence-corrected chi connectivity index (χ1v) is 7.27. The van der Waals surface area contributed by atoms with Crippen LogP contribution in [0.3, 0.4) is 0 Å². The van der Waals surface area contributed by atoms with Gasteiger partial charge in [-0.05, 0) is 42.5 Å². The maximum absolute atomic E-state index is 12.6. The number of methoxy groups -OCH3 is 1. The van der Waals surface area contributed by atoms with Crippen molar-refractivity contribution in [3.63, 3.8) is 0 Å². The van der Waals surface area contributed by atoms with Crippen molar-refractivity contribution in [3.05, 3.63) is 66.6 Å². The zero-order valence-electron chi connectivity index (χ0n) is 13.1. The van der Waals surface area contributed by atoms with E-state index in [1.165, 1.54) is 25.4 Å². The van der Waals surface area contributed by atoms with Crippen molar-refractivity contribution in [1.29, 1.82) is 0 Å². The molecule has 0 fully saturated rings. The average molecular weight is 346 g/mol.